The monoisotopic (exact) mass is 535 g/mol. The zero-order chi connectivity index (χ0) is 24.5. The van der Waals surface area contributed by atoms with Crippen molar-refractivity contribution < 1.29 is 9.53 Å². The topological polar surface area (TPSA) is 72.6 Å². The zero-order valence-electron chi connectivity index (χ0n) is 20.4. The van der Waals surface area contributed by atoms with Crippen LogP contribution in [0.2, 0.25) is 0 Å². The third-order valence-electron chi connectivity index (χ3n) is 6.91. The van der Waals surface area contributed by atoms with Crippen LogP contribution in [-0.4, -0.2) is 46.3 Å². The first kappa shape index (κ1) is 23.7. The van der Waals surface area contributed by atoms with Gasteiger partial charge in [-0.2, -0.15) is 9.61 Å². The number of para-hydroxylation sites is 1. The number of nitrogens with zero attached hydrogens (tertiary/aromatic N) is 5. The molecule has 5 rings (SSSR count). The smallest absolute Gasteiger partial charge is 0.306 e. The average Bonchev–Trinajstić information content (AvgIpc) is 3.27. The number of pyridine rings is 1. The molecule has 35 heavy (non-hydrogen) atoms. The minimum Gasteiger partial charge on any atom is -0.466 e. The molecule has 8 heteroatoms. The molecule has 1 aliphatic carbocycles. The van der Waals surface area contributed by atoms with Crippen LogP contribution in [0, 0.1) is 5.92 Å². The number of benzene rings is 1. The van der Waals surface area contributed by atoms with E-state index in [-0.39, 0.29) is 5.97 Å². The maximum absolute atomic E-state index is 11.9. The van der Waals surface area contributed by atoms with Gasteiger partial charge >= 0.3 is 5.97 Å². The molecule has 3 heterocycles. The van der Waals surface area contributed by atoms with Gasteiger partial charge in [-0.25, -0.2) is 4.98 Å². The number of anilines is 1. The molecular formula is C27H30BrN5O2. The molecule has 7 nitrogen and oxygen atoms in total. The second kappa shape index (κ2) is 9.93. The van der Waals surface area contributed by atoms with Crippen molar-refractivity contribution in [3.8, 4) is 11.1 Å². The molecule has 0 radical (unpaired) electrons. The van der Waals surface area contributed by atoms with Crippen LogP contribution in [-0.2, 0) is 9.53 Å². The number of esters is 1. The van der Waals surface area contributed by atoms with E-state index in [0.29, 0.717) is 24.9 Å². The lowest BCUT2D eigenvalue weighted by Crippen LogP contribution is -2.21. The van der Waals surface area contributed by atoms with Crippen LogP contribution < -0.4 is 4.90 Å². The summed E-state index contributed by atoms with van der Waals surface area (Å²) < 4.78 is 8.05. The third kappa shape index (κ3) is 4.63. The fraction of sp³-hybridized carbons (Fsp3) is 0.407. The Bertz CT molecular complexity index is 1380. The maximum Gasteiger partial charge on any atom is 0.306 e. The largest absolute Gasteiger partial charge is 0.466 e. The predicted octanol–water partition coefficient (Wildman–Crippen LogP) is 6.00. The highest BCUT2D eigenvalue weighted by Gasteiger charge is 2.29. The van der Waals surface area contributed by atoms with Gasteiger partial charge in [0.1, 0.15) is 5.82 Å². The van der Waals surface area contributed by atoms with Gasteiger partial charge < -0.3 is 9.64 Å². The van der Waals surface area contributed by atoms with Gasteiger partial charge in [0.25, 0.3) is 0 Å². The Morgan fingerprint density at radius 3 is 2.69 bits per heavy atom. The number of fused-ring (bicyclic) bond motifs is 2. The summed E-state index contributed by atoms with van der Waals surface area (Å²) in [6.07, 6.45) is 8.30. The van der Waals surface area contributed by atoms with E-state index in [1.165, 1.54) is 0 Å². The summed E-state index contributed by atoms with van der Waals surface area (Å²) in [6.45, 7) is 2.30. The Hall–Kier alpha value is -3.00. The number of carbonyl (C=O) groups is 1. The van der Waals surface area contributed by atoms with Crippen molar-refractivity contribution in [1.29, 1.82) is 0 Å². The average molecular weight is 536 g/mol. The molecule has 1 fully saturated rings. The minimum atomic E-state index is -0.0838. The van der Waals surface area contributed by atoms with Crippen LogP contribution in [0.1, 0.15) is 50.6 Å². The fourth-order valence-corrected chi connectivity index (χ4v) is 6.08. The molecule has 1 aromatic carbocycles. The van der Waals surface area contributed by atoms with E-state index >= 15 is 0 Å². The summed E-state index contributed by atoms with van der Waals surface area (Å²) in [5.41, 5.74) is 4.83. The SMILES string of the molecule is CCOC(=O)CC1CCC(c2nc3c(-c4cnc5ccccc5c4)cnn3c(N(C)C)c2Br)CC1. The maximum atomic E-state index is 11.9. The quantitative estimate of drug-likeness (QED) is 0.282. The van der Waals surface area contributed by atoms with Crippen molar-refractivity contribution in [3.63, 3.8) is 0 Å². The van der Waals surface area contributed by atoms with Crippen LogP contribution in [0.25, 0.3) is 27.7 Å². The van der Waals surface area contributed by atoms with E-state index < -0.39 is 0 Å². The van der Waals surface area contributed by atoms with Crippen molar-refractivity contribution in [2.24, 2.45) is 5.92 Å². The number of carbonyl (C=O) groups excluding carboxylic acids is 1. The van der Waals surface area contributed by atoms with E-state index in [1.54, 1.807) is 0 Å². The highest BCUT2D eigenvalue weighted by molar-refractivity contribution is 9.10. The summed E-state index contributed by atoms with van der Waals surface area (Å²) in [7, 11) is 4.05. The lowest BCUT2D eigenvalue weighted by molar-refractivity contribution is -0.144. The van der Waals surface area contributed by atoms with E-state index in [9.17, 15) is 4.79 Å². The van der Waals surface area contributed by atoms with Crippen molar-refractivity contribution in [3.05, 3.63) is 52.9 Å². The first-order valence-electron chi connectivity index (χ1n) is 12.2. The van der Waals surface area contributed by atoms with Gasteiger partial charge in [0.15, 0.2) is 5.65 Å². The highest BCUT2D eigenvalue weighted by atomic mass is 79.9. The van der Waals surface area contributed by atoms with Crippen molar-refractivity contribution in [1.82, 2.24) is 19.6 Å². The molecular weight excluding hydrogens is 506 g/mol. The number of rotatable bonds is 6. The van der Waals surface area contributed by atoms with Gasteiger partial charge in [0.2, 0.25) is 0 Å². The minimum absolute atomic E-state index is 0.0838. The van der Waals surface area contributed by atoms with Gasteiger partial charge in [-0.05, 0) is 66.6 Å². The Labute approximate surface area is 213 Å². The first-order valence-corrected chi connectivity index (χ1v) is 13.0. The van der Waals surface area contributed by atoms with Gasteiger partial charge in [0.05, 0.1) is 28.5 Å². The number of ether oxygens (including phenoxy) is 1. The molecule has 0 spiro atoms. The highest BCUT2D eigenvalue weighted by Crippen LogP contribution is 2.42. The summed E-state index contributed by atoms with van der Waals surface area (Å²) in [4.78, 5) is 23.9. The normalized spacial score (nSPS) is 18.2. The number of aromatic nitrogens is 4. The molecule has 0 saturated heterocycles. The zero-order valence-corrected chi connectivity index (χ0v) is 22.0. The Kier molecular flexibility index (Phi) is 6.73. The van der Waals surface area contributed by atoms with Gasteiger partial charge in [-0.15, -0.1) is 0 Å². The van der Waals surface area contributed by atoms with Crippen LogP contribution >= 0.6 is 15.9 Å². The molecule has 0 N–H and O–H groups in total. The molecule has 0 bridgehead atoms. The van der Waals surface area contributed by atoms with Crippen LogP contribution in [0.4, 0.5) is 5.82 Å². The summed E-state index contributed by atoms with van der Waals surface area (Å²) >= 11 is 3.86. The number of hydrogen-bond donors (Lipinski definition) is 0. The van der Waals surface area contributed by atoms with Crippen LogP contribution in [0.15, 0.2) is 47.2 Å². The molecule has 4 aromatic rings. The first-order chi connectivity index (χ1) is 17.0. The molecule has 1 aliphatic rings. The molecule has 0 atom stereocenters. The molecule has 3 aromatic heterocycles. The standard InChI is InChI=1S/C27H30BrN5O2/c1-4-35-23(34)13-17-9-11-18(12-10-17)25-24(28)27(32(2)3)33-26(31-25)21(16-30-33)20-14-19-7-5-6-8-22(19)29-15-20/h5-8,14-18H,4,9-13H2,1-3H3. The van der Waals surface area contributed by atoms with Gasteiger partial charge in [-0.3, -0.25) is 9.78 Å². The lowest BCUT2D eigenvalue weighted by Gasteiger charge is -2.29. The fourth-order valence-electron chi connectivity index (χ4n) is 5.15. The second-order valence-electron chi connectivity index (χ2n) is 9.47. The number of hydrogen-bond acceptors (Lipinski definition) is 6. The van der Waals surface area contributed by atoms with E-state index in [2.05, 4.69) is 37.9 Å². The summed E-state index contributed by atoms with van der Waals surface area (Å²) in [5.74, 6) is 1.59. The molecule has 0 unspecified atom stereocenters. The molecule has 0 amide bonds. The van der Waals surface area contributed by atoms with Crippen LogP contribution in [0.5, 0.6) is 0 Å². The van der Waals surface area contributed by atoms with E-state index in [4.69, 9.17) is 14.8 Å². The van der Waals surface area contributed by atoms with Crippen molar-refractivity contribution >= 4 is 44.3 Å². The number of halogens is 1. The molecule has 182 valence electrons. The Morgan fingerprint density at radius 2 is 1.94 bits per heavy atom. The van der Waals surface area contributed by atoms with Gasteiger partial charge in [0, 0.05) is 49.1 Å². The second-order valence-corrected chi connectivity index (χ2v) is 10.3. The van der Waals surface area contributed by atoms with E-state index in [0.717, 1.165) is 69.3 Å². The lowest BCUT2D eigenvalue weighted by atomic mass is 9.79. The molecule has 1 saturated carbocycles. The van der Waals surface area contributed by atoms with Gasteiger partial charge in [-0.1, -0.05) is 18.2 Å². The van der Waals surface area contributed by atoms with Crippen molar-refractivity contribution in [2.75, 3.05) is 25.6 Å². The Morgan fingerprint density at radius 1 is 1.17 bits per heavy atom. The summed E-state index contributed by atoms with van der Waals surface area (Å²) in [5, 5.41) is 5.80. The van der Waals surface area contributed by atoms with Crippen LogP contribution in [0.3, 0.4) is 0 Å². The third-order valence-corrected chi connectivity index (χ3v) is 7.67. The summed E-state index contributed by atoms with van der Waals surface area (Å²) in [6, 6.07) is 10.3. The van der Waals surface area contributed by atoms with E-state index in [1.807, 2.05) is 56.1 Å². The predicted molar refractivity (Wildman–Crippen MR) is 142 cm³/mol. The Balaban J connectivity index is 1.51. The van der Waals surface area contributed by atoms with Crippen molar-refractivity contribution in [2.45, 2.75) is 44.9 Å². The molecule has 0 aliphatic heterocycles.